The molecule has 1 heterocycles. The van der Waals surface area contributed by atoms with Gasteiger partial charge in [-0.25, -0.2) is 0 Å². The van der Waals surface area contributed by atoms with Gasteiger partial charge in [0.2, 0.25) is 0 Å². The molecule has 0 spiro atoms. The van der Waals surface area contributed by atoms with Crippen molar-refractivity contribution in [1.29, 1.82) is 0 Å². The van der Waals surface area contributed by atoms with Gasteiger partial charge >= 0.3 is 5.97 Å². The minimum absolute atomic E-state index is 0.115. The molecule has 0 atom stereocenters. The highest BCUT2D eigenvalue weighted by molar-refractivity contribution is 5.92. The van der Waals surface area contributed by atoms with Crippen molar-refractivity contribution in [2.45, 2.75) is 65.0 Å². The predicted molar refractivity (Wildman–Crippen MR) is 121 cm³/mol. The molecule has 1 fully saturated rings. The topological polar surface area (TPSA) is 93.5 Å². The van der Waals surface area contributed by atoms with E-state index >= 15 is 0 Å². The van der Waals surface area contributed by atoms with Gasteiger partial charge in [0, 0.05) is 36.6 Å². The molecule has 0 aliphatic heterocycles. The molecule has 1 amide bonds. The van der Waals surface area contributed by atoms with Gasteiger partial charge in [-0.2, -0.15) is 5.10 Å². The third-order valence-corrected chi connectivity index (χ3v) is 5.14. The molecular weight excluding hydrogens is 406 g/mol. The number of carbonyl (C=O) groups is 2. The lowest BCUT2D eigenvalue weighted by Crippen LogP contribution is -2.24. The van der Waals surface area contributed by atoms with Crippen molar-refractivity contribution in [3.8, 4) is 17.6 Å². The maximum atomic E-state index is 12.7. The molecule has 1 aliphatic rings. The molecule has 1 aromatic heterocycles. The van der Waals surface area contributed by atoms with Gasteiger partial charge in [0.05, 0.1) is 6.61 Å². The molecule has 1 aliphatic carbocycles. The number of nitrogens with one attached hydrogen (secondary N) is 1. The van der Waals surface area contributed by atoms with E-state index in [1.165, 1.54) is 0 Å². The number of carboxylic acids is 1. The van der Waals surface area contributed by atoms with Crippen LogP contribution in [0.1, 0.15) is 80.2 Å². The number of aliphatic carboxylic acids is 1. The van der Waals surface area contributed by atoms with Crippen molar-refractivity contribution in [3.63, 3.8) is 0 Å². The molecule has 1 aromatic carbocycles. The second-order valence-electron chi connectivity index (χ2n) is 8.34. The molecule has 1 saturated carbocycles. The van der Waals surface area contributed by atoms with Crippen molar-refractivity contribution in [3.05, 3.63) is 47.3 Å². The lowest BCUT2D eigenvalue weighted by Gasteiger charge is -2.12. The average Bonchev–Trinajstić information content (AvgIpc) is 3.50. The molecular formula is C25H31N3O4. The Bertz CT molecular complexity index is 996. The highest BCUT2D eigenvalue weighted by atomic mass is 16.5. The van der Waals surface area contributed by atoms with Crippen molar-refractivity contribution in [2.24, 2.45) is 5.92 Å². The van der Waals surface area contributed by atoms with Crippen LogP contribution in [0.2, 0.25) is 0 Å². The SMILES string of the molecule is CC(C)n1nc(C(=O)NCc2ccccc2OCCCCCC(=O)O)cc1C#CC1CC1. The van der Waals surface area contributed by atoms with E-state index in [0.717, 1.165) is 42.7 Å². The molecule has 0 unspecified atom stereocenters. The van der Waals surface area contributed by atoms with Gasteiger partial charge in [0.1, 0.15) is 11.4 Å². The van der Waals surface area contributed by atoms with Crippen LogP contribution in [-0.2, 0) is 11.3 Å². The largest absolute Gasteiger partial charge is 0.493 e. The van der Waals surface area contributed by atoms with E-state index in [2.05, 4.69) is 22.3 Å². The number of para-hydroxylation sites is 1. The third kappa shape index (κ3) is 7.16. The van der Waals surface area contributed by atoms with Crippen LogP contribution in [0.15, 0.2) is 30.3 Å². The fraction of sp³-hybridized carbons (Fsp3) is 0.480. The van der Waals surface area contributed by atoms with Crippen molar-refractivity contribution in [2.75, 3.05) is 6.61 Å². The molecule has 170 valence electrons. The Kier molecular flexibility index (Phi) is 8.32. The van der Waals surface area contributed by atoms with Gasteiger partial charge in [-0.1, -0.05) is 24.1 Å². The Morgan fingerprint density at radius 3 is 2.75 bits per heavy atom. The lowest BCUT2D eigenvalue weighted by molar-refractivity contribution is -0.137. The molecule has 0 radical (unpaired) electrons. The summed E-state index contributed by atoms with van der Waals surface area (Å²) in [6, 6.07) is 9.45. The van der Waals surface area contributed by atoms with Crippen LogP contribution in [0.3, 0.4) is 0 Å². The molecule has 7 nitrogen and oxygen atoms in total. The predicted octanol–water partition coefficient (Wildman–Crippen LogP) is 4.18. The van der Waals surface area contributed by atoms with Crippen molar-refractivity contribution >= 4 is 11.9 Å². The average molecular weight is 438 g/mol. The van der Waals surface area contributed by atoms with E-state index in [-0.39, 0.29) is 18.4 Å². The molecule has 2 aromatic rings. The Balaban J connectivity index is 1.55. The van der Waals surface area contributed by atoms with Crippen LogP contribution >= 0.6 is 0 Å². The Morgan fingerprint density at radius 2 is 2.03 bits per heavy atom. The van der Waals surface area contributed by atoms with Crippen molar-refractivity contribution in [1.82, 2.24) is 15.1 Å². The highest BCUT2D eigenvalue weighted by Crippen LogP contribution is 2.27. The number of nitrogens with zero attached hydrogens (tertiary/aromatic N) is 2. The van der Waals surface area contributed by atoms with Crippen LogP contribution in [-0.4, -0.2) is 33.4 Å². The third-order valence-electron chi connectivity index (χ3n) is 5.14. The first-order chi connectivity index (χ1) is 15.4. The zero-order chi connectivity index (χ0) is 22.9. The fourth-order valence-corrected chi connectivity index (χ4v) is 3.19. The van der Waals surface area contributed by atoms with Gasteiger partial charge in [-0.05, 0) is 57.9 Å². The maximum absolute atomic E-state index is 12.7. The monoisotopic (exact) mass is 437 g/mol. The minimum Gasteiger partial charge on any atom is -0.493 e. The summed E-state index contributed by atoms with van der Waals surface area (Å²) in [5, 5.41) is 16.1. The number of benzene rings is 1. The lowest BCUT2D eigenvalue weighted by atomic mass is 10.2. The summed E-state index contributed by atoms with van der Waals surface area (Å²) in [5.41, 5.74) is 2.00. The van der Waals surface area contributed by atoms with E-state index < -0.39 is 5.97 Å². The minimum atomic E-state index is -0.771. The number of carboxylic acid groups (broad SMARTS) is 1. The van der Waals surface area contributed by atoms with Gasteiger partial charge in [0.25, 0.3) is 5.91 Å². The second kappa shape index (κ2) is 11.4. The number of hydrogen-bond donors (Lipinski definition) is 2. The van der Waals surface area contributed by atoms with Crippen LogP contribution in [0.25, 0.3) is 0 Å². The molecule has 2 N–H and O–H groups in total. The van der Waals surface area contributed by atoms with Crippen LogP contribution in [0, 0.1) is 17.8 Å². The Hall–Kier alpha value is -3.27. The van der Waals surface area contributed by atoms with Crippen molar-refractivity contribution < 1.29 is 19.4 Å². The number of unbranched alkanes of at least 4 members (excludes halogenated alkanes) is 2. The van der Waals surface area contributed by atoms with Crippen LogP contribution < -0.4 is 10.1 Å². The Morgan fingerprint density at radius 1 is 1.25 bits per heavy atom. The first-order valence-corrected chi connectivity index (χ1v) is 11.3. The van der Waals surface area contributed by atoms with Crippen LogP contribution in [0.5, 0.6) is 5.75 Å². The number of aromatic nitrogens is 2. The summed E-state index contributed by atoms with van der Waals surface area (Å²) in [6.45, 7) is 4.87. The normalized spacial score (nSPS) is 12.8. The maximum Gasteiger partial charge on any atom is 0.303 e. The summed E-state index contributed by atoms with van der Waals surface area (Å²) in [5.74, 6) is 6.59. The Labute approximate surface area is 189 Å². The zero-order valence-electron chi connectivity index (χ0n) is 18.8. The van der Waals surface area contributed by atoms with Gasteiger partial charge in [-0.15, -0.1) is 0 Å². The summed E-state index contributed by atoms with van der Waals surface area (Å²) in [7, 11) is 0. The van der Waals surface area contributed by atoms with E-state index in [0.29, 0.717) is 31.2 Å². The zero-order valence-corrected chi connectivity index (χ0v) is 18.8. The van der Waals surface area contributed by atoms with E-state index in [4.69, 9.17) is 9.84 Å². The van der Waals surface area contributed by atoms with E-state index in [1.807, 2.05) is 38.1 Å². The standard InChI is InChI=1S/C25H31N3O4/c1-18(2)28-21(14-13-19-11-12-19)16-22(27-28)25(31)26-17-20-8-5-6-9-23(20)32-15-7-3-4-10-24(29)30/h5-6,8-9,16,18-19H,3-4,7,10-12,15,17H2,1-2H3,(H,26,31)(H,29,30). The van der Waals surface area contributed by atoms with Crippen LogP contribution in [0.4, 0.5) is 0 Å². The van der Waals surface area contributed by atoms with Gasteiger partial charge in [0.15, 0.2) is 5.69 Å². The smallest absolute Gasteiger partial charge is 0.303 e. The first kappa shape index (κ1) is 23.4. The quantitative estimate of drug-likeness (QED) is 0.406. The number of hydrogen-bond acceptors (Lipinski definition) is 4. The van der Waals surface area contributed by atoms with E-state index in [1.54, 1.807) is 10.7 Å². The highest BCUT2D eigenvalue weighted by Gasteiger charge is 2.19. The molecule has 3 rings (SSSR count). The summed E-state index contributed by atoms with van der Waals surface area (Å²) < 4.78 is 7.66. The summed E-state index contributed by atoms with van der Waals surface area (Å²) >= 11 is 0. The number of rotatable bonds is 11. The molecule has 32 heavy (non-hydrogen) atoms. The number of carbonyl (C=O) groups excluding carboxylic acids is 1. The summed E-state index contributed by atoms with van der Waals surface area (Å²) in [6.07, 6.45) is 4.72. The van der Waals surface area contributed by atoms with Gasteiger partial charge < -0.3 is 15.2 Å². The fourth-order valence-electron chi connectivity index (χ4n) is 3.19. The second-order valence-corrected chi connectivity index (χ2v) is 8.34. The summed E-state index contributed by atoms with van der Waals surface area (Å²) in [4.78, 5) is 23.3. The van der Waals surface area contributed by atoms with Gasteiger partial charge in [-0.3, -0.25) is 14.3 Å². The van der Waals surface area contributed by atoms with E-state index in [9.17, 15) is 9.59 Å². The molecule has 0 saturated heterocycles. The molecule has 7 heteroatoms. The molecule has 0 bridgehead atoms. The number of amides is 1. The first-order valence-electron chi connectivity index (χ1n) is 11.3. The number of ether oxygens (including phenoxy) is 1.